The second-order valence-corrected chi connectivity index (χ2v) is 7.10. The lowest BCUT2D eigenvalue weighted by molar-refractivity contribution is 0.126. The molecule has 27 heavy (non-hydrogen) atoms. The summed E-state index contributed by atoms with van der Waals surface area (Å²) in [5.41, 5.74) is 2.74. The SMILES string of the molecule is Cc1cccc(-n2c(C)nnc2SC[C@H](O)COc2ccc(C#N)cc2)c1. The first kappa shape index (κ1) is 19.0. The molecule has 0 amide bonds. The van der Waals surface area contributed by atoms with Crippen molar-refractivity contribution in [3.05, 3.63) is 65.5 Å². The van der Waals surface area contributed by atoms with Gasteiger partial charge in [-0.15, -0.1) is 10.2 Å². The maximum Gasteiger partial charge on any atom is 0.195 e. The van der Waals surface area contributed by atoms with E-state index in [1.807, 2.05) is 36.6 Å². The van der Waals surface area contributed by atoms with Gasteiger partial charge in [-0.1, -0.05) is 23.9 Å². The number of aryl methyl sites for hydroxylation is 2. The molecule has 0 unspecified atom stereocenters. The second kappa shape index (κ2) is 8.71. The van der Waals surface area contributed by atoms with Gasteiger partial charge in [0.05, 0.1) is 17.7 Å². The average molecular weight is 380 g/mol. The predicted molar refractivity (Wildman–Crippen MR) is 104 cm³/mol. The smallest absolute Gasteiger partial charge is 0.195 e. The van der Waals surface area contributed by atoms with Gasteiger partial charge in [-0.3, -0.25) is 4.57 Å². The van der Waals surface area contributed by atoms with Crippen LogP contribution in [0.3, 0.4) is 0 Å². The van der Waals surface area contributed by atoms with E-state index in [0.717, 1.165) is 22.2 Å². The van der Waals surface area contributed by atoms with Crippen molar-refractivity contribution in [2.75, 3.05) is 12.4 Å². The van der Waals surface area contributed by atoms with E-state index in [9.17, 15) is 5.11 Å². The van der Waals surface area contributed by atoms with Crippen molar-refractivity contribution >= 4 is 11.8 Å². The number of hydrogen-bond acceptors (Lipinski definition) is 6. The lowest BCUT2D eigenvalue weighted by Crippen LogP contribution is -2.20. The van der Waals surface area contributed by atoms with Crippen molar-refractivity contribution in [3.63, 3.8) is 0 Å². The Morgan fingerprint density at radius 2 is 1.96 bits per heavy atom. The number of thioether (sulfide) groups is 1. The lowest BCUT2D eigenvalue weighted by atomic mass is 10.2. The molecule has 0 bridgehead atoms. The fraction of sp³-hybridized carbons (Fsp3) is 0.250. The number of nitriles is 1. The van der Waals surface area contributed by atoms with Crippen LogP contribution in [0.4, 0.5) is 0 Å². The molecule has 0 aliphatic heterocycles. The molecule has 138 valence electrons. The Kier molecular flexibility index (Phi) is 6.12. The molecule has 0 aliphatic carbocycles. The third-order valence-corrected chi connectivity index (χ3v) is 4.96. The molecule has 3 rings (SSSR count). The summed E-state index contributed by atoms with van der Waals surface area (Å²) in [6, 6.07) is 17.0. The highest BCUT2D eigenvalue weighted by Crippen LogP contribution is 2.23. The molecule has 0 aliphatic rings. The predicted octanol–water partition coefficient (Wildman–Crippen LogP) is 3.29. The Bertz CT molecular complexity index is 947. The Hall–Kier alpha value is -2.82. The zero-order valence-electron chi connectivity index (χ0n) is 15.2. The molecule has 0 saturated carbocycles. The number of ether oxygens (including phenoxy) is 1. The van der Waals surface area contributed by atoms with Crippen LogP contribution in [-0.2, 0) is 0 Å². The molecule has 0 spiro atoms. The minimum Gasteiger partial charge on any atom is -0.491 e. The highest BCUT2D eigenvalue weighted by atomic mass is 32.2. The molecule has 6 nitrogen and oxygen atoms in total. The Morgan fingerprint density at radius 3 is 2.67 bits per heavy atom. The summed E-state index contributed by atoms with van der Waals surface area (Å²) in [6.45, 7) is 4.11. The Morgan fingerprint density at radius 1 is 1.19 bits per heavy atom. The van der Waals surface area contributed by atoms with Crippen LogP contribution in [0.15, 0.2) is 53.7 Å². The van der Waals surface area contributed by atoms with Gasteiger partial charge in [0.15, 0.2) is 5.16 Å². The minimum absolute atomic E-state index is 0.163. The highest BCUT2D eigenvalue weighted by molar-refractivity contribution is 7.99. The molecule has 3 aromatic rings. The van der Waals surface area contributed by atoms with E-state index in [4.69, 9.17) is 10.00 Å². The van der Waals surface area contributed by atoms with Gasteiger partial charge in [0, 0.05) is 11.4 Å². The number of benzene rings is 2. The lowest BCUT2D eigenvalue weighted by Gasteiger charge is -2.13. The van der Waals surface area contributed by atoms with Gasteiger partial charge in [0.1, 0.15) is 18.2 Å². The summed E-state index contributed by atoms with van der Waals surface area (Å²) < 4.78 is 7.55. The van der Waals surface area contributed by atoms with Crippen molar-refractivity contribution in [2.45, 2.75) is 25.1 Å². The van der Waals surface area contributed by atoms with E-state index >= 15 is 0 Å². The Balaban J connectivity index is 1.59. The van der Waals surface area contributed by atoms with Crippen LogP contribution in [0, 0.1) is 25.2 Å². The highest BCUT2D eigenvalue weighted by Gasteiger charge is 2.14. The first-order chi connectivity index (χ1) is 13.1. The molecule has 1 aromatic heterocycles. The molecule has 0 fully saturated rings. The summed E-state index contributed by atoms with van der Waals surface area (Å²) in [5.74, 6) is 1.85. The zero-order valence-corrected chi connectivity index (χ0v) is 16.0. The van der Waals surface area contributed by atoms with E-state index in [2.05, 4.69) is 22.3 Å². The van der Waals surface area contributed by atoms with Crippen molar-refractivity contribution in [3.8, 4) is 17.5 Å². The van der Waals surface area contributed by atoms with Crippen LogP contribution in [0.1, 0.15) is 17.0 Å². The normalized spacial score (nSPS) is 11.8. The third kappa shape index (κ3) is 4.88. The van der Waals surface area contributed by atoms with E-state index in [1.165, 1.54) is 11.8 Å². The number of aliphatic hydroxyl groups excluding tert-OH is 1. The molecule has 1 N–H and O–H groups in total. The van der Waals surface area contributed by atoms with E-state index in [0.29, 0.717) is 17.1 Å². The third-order valence-electron chi connectivity index (χ3n) is 3.89. The van der Waals surface area contributed by atoms with Crippen LogP contribution in [0.5, 0.6) is 5.75 Å². The second-order valence-electron chi connectivity index (χ2n) is 6.12. The maximum atomic E-state index is 10.2. The van der Waals surface area contributed by atoms with Crippen molar-refractivity contribution in [2.24, 2.45) is 0 Å². The van der Waals surface area contributed by atoms with Crippen LogP contribution < -0.4 is 4.74 Å². The number of rotatable bonds is 7. The van der Waals surface area contributed by atoms with Gasteiger partial charge < -0.3 is 9.84 Å². The van der Waals surface area contributed by atoms with Crippen molar-refractivity contribution in [1.82, 2.24) is 14.8 Å². The van der Waals surface area contributed by atoms with Crippen LogP contribution in [0.25, 0.3) is 5.69 Å². The summed E-state index contributed by atoms with van der Waals surface area (Å²) in [7, 11) is 0. The molecule has 1 heterocycles. The molecular weight excluding hydrogens is 360 g/mol. The number of aliphatic hydroxyl groups is 1. The summed E-state index contributed by atoms with van der Waals surface area (Å²) in [6.07, 6.45) is -0.659. The topological polar surface area (TPSA) is 84.0 Å². The molecule has 0 saturated heterocycles. The van der Waals surface area contributed by atoms with Crippen molar-refractivity contribution in [1.29, 1.82) is 5.26 Å². The van der Waals surface area contributed by atoms with E-state index < -0.39 is 6.10 Å². The quantitative estimate of drug-likeness (QED) is 0.633. The van der Waals surface area contributed by atoms with Gasteiger partial charge in [-0.05, 0) is 55.8 Å². The summed E-state index contributed by atoms with van der Waals surface area (Å²) >= 11 is 1.43. The van der Waals surface area contributed by atoms with Crippen LogP contribution >= 0.6 is 11.8 Å². The van der Waals surface area contributed by atoms with Gasteiger partial charge >= 0.3 is 0 Å². The van der Waals surface area contributed by atoms with Crippen LogP contribution in [-0.4, -0.2) is 38.3 Å². The number of nitrogens with zero attached hydrogens (tertiary/aromatic N) is 4. The average Bonchev–Trinajstić information content (AvgIpc) is 3.05. The van der Waals surface area contributed by atoms with Gasteiger partial charge in [0.25, 0.3) is 0 Å². The maximum absolute atomic E-state index is 10.2. The number of aromatic nitrogens is 3. The summed E-state index contributed by atoms with van der Waals surface area (Å²) in [5, 5.41) is 28.1. The summed E-state index contributed by atoms with van der Waals surface area (Å²) in [4.78, 5) is 0. The van der Waals surface area contributed by atoms with Gasteiger partial charge in [0.2, 0.25) is 0 Å². The van der Waals surface area contributed by atoms with E-state index in [1.54, 1.807) is 24.3 Å². The fourth-order valence-electron chi connectivity index (χ4n) is 2.54. The van der Waals surface area contributed by atoms with E-state index in [-0.39, 0.29) is 6.61 Å². The Labute approximate surface area is 162 Å². The van der Waals surface area contributed by atoms with Crippen molar-refractivity contribution < 1.29 is 9.84 Å². The monoisotopic (exact) mass is 380 g/mol. The largest absolute Gasteiger partial charge is 0.491 e. The molecule has 2 aromatic carbocycles. The first-order valence-electron chi connectivity index (χ1n) is 8.49. The fourth-order valence-corrected chi connectivity index (χ4v) is 3.44. The molecule has 0 radical (unpaired) electrons. The first-order valence-corrected chi connectivity index (χ1v) is 9.48. The molecular formula is C20H20N4O2S. The molecule has 1 atom stereocenters. The number of hydrogen-bond donors (Lipinski definition) is 1. The zero-order chi connectivity index (χ0) is 19.2. The van der Waals surface area contributed by atoms with Crippen LogP contribution in [0.2, 0.25) is 0 Å². The van der Waals surface area contributed by atoms with Gasteiger partial charge in [-0.2, -0.15) is 5.26 Å². The molecule has 7 heteroatoms. The minimum atomic E-state index is -0.659. The standard InChI is InChI=1S/C20H20N4O2S/c1-14-4-3-5-17(10-14)24-15(2)22-23-20(24)27-13-18(25)12-26-19-8-6-16(11-21)7-9-19/h3-10,18,25H,12-13H2,1-2H3/t18-/m1/s1. The van der Waals surface area contributed by atoms with Gasteiger partial charge in [-0.25, -0.2) is 0 Å².